The van der Waals surface area contributed by atoms with Crippen molar-refractivity contribution in [3.63, 3.8) is 0 Å². The zero-order valence-electron chi connectivity index (χ0n) is 7.86. The molecule has 0 aromatic heterocycles. The van der Waals surface area contributed by atoms with Crippen molar-refractivity contribution in [2.45, 2.75) is 44.8 Å². The van der Waals surface area contributed by atoms with Crippen LogP contribution in [0.2, 0.25) is 0 Å². The van der Waals surface area contributed by atoms with E-state index in [0.717, 1.165) is 25.7 Å². The zero-order chi connectivity index (χ0) is 9.84. The second kappa shape index (κ2) is 4.46. The van der Waals surface area contributed by atoms with Crippen LogP contribution in [-0.2, 0) is 0 Å². The van der Waals surface area contributed by atoms with E-state index in [1.807, 2.05) is 0 Å². The number of carbonyl (C=O) groups is 1. The van der Waals surface area contributed by atoms with Crippen LogP contribution in [0.5, 0.6) is 0 Å². The molecule has 0 aromatic rings. The van der Waals surface area contributed by atoms with Crippen LogP contribution in [0.25, 0.3) is 0 Å². The first kappa shape index (κ1) is 10.3. The number of rotatable bonds is 2. The minimum Gasteiger partial charge on any atom is -0.465 e. The number of carboxylic acid groups (broad SMARTS) is 1. The van der Waals surface area contributed by atoms with Crippen molar-refractivity contribution in [3.05, 3.63) is 0 Å². The third kappa shape index (κ3) is 3.22. The molecule has 1 amide bonds. The third-order valence-electron chi connectivity index (χ3n) is 2.78. The molecule has 0 saturated heterocycles. The van der Waals surface area contributed by atoms with Gasteiger partial charge < -0.3 is 15.5 Å². The molecule has 1 aliphatic rings. The predicted octanol–water partition coefficient (Wildman–Crippen LogP) is 1.19. The molecule has 0 radical (unpaired) electrons. The van der Waals surface area contributed by atoms with E-state index in [-0.39, 0.29) is 12.1 Å². The molecular weight excluding hydrogens is 170 g/mol. The number of aliphatic hydroxyl groups excluding tert-OH is 1. The lowest BCUT2D eigenvalue weighted by Crippen LogP contribution is -2.38. The lowest BCUT2D eigenvalue weighted by atomic mass is 9.83. The summed E-state index contributed by atoms with van der Waals surface area (Å²) in [6.07, 6.45) is 2.33. The van der Waals surface area contributed by atoms with Gasteiger partial charge in [0.1, 0.15) is 0 Å². The molecule has 4 nitrogen and oxygen atoms in total. The number of aliphatic hydroxyl groups is 1. The van der Waals surface area contributed by atoms with Crippen molar-refractivity contribution >= 4 is 6.09 Å². The highest BCUT2D eigenvalue weighted by Crippen LogP contribution is 2.26. The van der Waals surface area contributed by atoms with Crippen LogP contribution >= 0.6 is 0 Å². The molecule has 3 N–H and O–H groups in total. The summed E-state index contributed by atoms with van der Waals surface area (Å²) in [5, 5.41) is 20.3. The fraction of sp³-hybridized carbons (Fsp3) is 0.889. The molecule has 0 aromatic carbocycles. The Morgan fingerprint density at radius 2 is 1.92 bits per heavy atom. The summed E-state index contributed by atoms with van der Waals surface area (Å²) in [6, 6.07) is 0.0903. The lowest BCUT2D eigenvalue weighted by Gasteiger charge is -2.29. The van der Waals surface area contributed by atoms with Crippen LogP contribution < -0.4 is 5.32 Å². The van der Waals surface area contributed by atoms with E-state index in [1.165, 1.54) is 0 Å². The molecular formula is C9H17NO3. The lowest BCUT2D eigenvalue weighted by molar-refractivity contribution is 0.0931. The van der Waals surface area contributed by atoms with E-state index in [9.17, 15) is 9.90 Å². The van der Waals surface area contributed by atoms with Crippen molar-refractivity contribution < 1.29 is 15.0 Å². The Balaban J connectivity index is 2.26. The average Bonchev–Trinajstić information content (AvgIpc) is 2.04. The second-order valence-electron chi connectivity index (χ2n) is 3.80. The SMILES string of the molecule is CC(O)C1CCC(NC(=O)O)CC1. The first-order valence-corrected chi connectivity index (χ1v) is 4.77. The van der Waals surface area contributed by atoms with Gasteiger partial charge in [0.2, 0.25) is 0 Å². The molecule has 1 fully saturated rings. The monoisotopic (exact) mass is 187 g/mol. The number of nitrogens with one attached hydrogen (secondary N) is 1. The van der Waals surface area contributed by atoms with Gasteiger partial charge in [-0.05, 0) is 38.5 Å². The standard InChI is InChI=1S/C9H17NO3/c1-6(11)7-2-4-8(5-3-7)10-9(12)13/h6-8,10-11H,2-5H2,1H3,(H,12,13). The van der Waals surface area contributed by atoms with E-state index < -0.39 is 6.09 Å². The highest BCUT2D eigenvalue weighted by molar-refractivity contribution is 5.64. The van der Waals surface area contributed by atoms with E-state index in [4.69, 9.17) is 5.11 Å². The van der Waals surface area contributed by atoms with Crippen LogP contribution in [-0.4, -0.2) is 28.5 Å². The second-order valence-corrected chi connectivity index (χ2v) is 3.80. The zero-order valence-corrected chi connectivity index (χ0v) is 7.86. The fourth-order valence-corrected chi connectivity index (χ4v) is 1.92. The Bertz CT molecular complexity index is 174. The molecule has 4 heteroatoms. The van der Waals surface area contributed by atoms with E-state index in [2.05, 4.69) is 5.32 Å². The van der Waals surface area contributed by atoms with Crippen LogP contribution in [0, 0.1) is 5.92 Å². The van der Waals surface area contributed by atoms with Crippen molar-refractivity contribution in [3.8, 4) is 0 Å². The summed E-state index contributed by atoms with van der Waals surface area (Å²) in [5.74, 6) is 0.354. The van der Waals surface area contributed by atoms with Crippen LogP contribution in [0.3, 0.4) is 0 Å². The third-order valence-corrected chi connectivity index (χ3v) is 2.78. The molecule has 1 aliphatic carbocycles. The van der Waals surface area contributed by atoms with Crippen molar-refractivity contribution in [2.24, 2.45) is 5.92 Å². The minimum atomic E-state index is -0.944. The van der Waals surface area contributed by atoms with Gasteiger partial charge in [-0.1, -0.05) is 0 Å². The smallest absolute Gasteiger partial charge is 0.404 e. The Morgan fingerprint density at radius 1 is 1.38 bits per heavy atom. The topological polar surface area (TPSA) is 69.6 Å². The Morgan fingerprint density at radius 3 is 2.31 bits per heavy atom. The normalized spacial score (nSPS) is 30.9. The van der Waals surface area contributed by atoms with Crippen molar-refractivity contribution in [2.75, 3.05) is 0 Å². The summed E-state index contributed by atoms with van der Waals surface area (Å²) in [6.45, 7) is 1.80. The van der Waals surface area contributed by atoms with Gasteiger partial charge in [0, 0.05) is 6.04 Å². The maximum absolute atomic E-state index is 10.3. The van der Waals surface area contributed by atoms with Crippen LogP contribution in [0.4, 0.5) is 4.79 Å². The first-order chi connectivity index (χ1) is 6.09. The van der Waals surface area contributed by atoms with Crippen molar-refractivity contribution in [1.82, 2.24) is 5.32 Å². The van der Waals surface area contributed by atoms with Crippen LogP contribution in [0.1, 0.15) is 32.6 Å². The quantitative estimate of drug-likeness (QED) is 0.608. The molecule has 0 spiro atoms. The van der Waals surface area contributed by atoms with Gasteiger partial charge in [-0.25, -0.2) is 4.79 Å². The molecule has 13 heavy (non-hydrogen) atoms. The van der Waals surface area contributed by atoms with Gasteiger partial charge in [-0.3, -0.25) is 0 Å². The Hall–Kier alpha value is -0.770. The summed E-state index contributed by atoms with van der Waals surface area (Å²) in [5.41, 5.74) is 0. The molecule has 0 heterocycles. The highest BCUT2D eigenvalue weighted by atomic mass is 16.4. The summed E-state index contributed by atoms with van der Waals surface area (Å²) in [4.78, 5) is 10.3. The number of hydrogen-bond donors (Lipinski definition) is 3. The first-order valence-electron chi connectivity index (χ1n) is 4.77. The largest absolute Gasteiger partial charge is 0.465 e. The van der Waals surface area contributed by atoms with Crippen LogP contribution in [0.15, 0.2) is 0 Å². The maximum atomic E-state index is 10.3. The number of amides is 1. The molecule has 1 atom stereocenters. The van der Waals surface area contributed by atoms with E-state index in [1.54, 1.807) is 6.92 Å². The summed E-state index contributed by atoms with van der Waals surface area (Å²) < 4.78 is 0. The molecule has 1 saturated carbocycles. The molecule has 1 unspecified atom stereocenters. The number of hydrogen-bond acceptors (Lipinski definition) is 2. The van der Waals surface area contributed by atoms with Crippen molar-refractivity contribution in [1.29, 1.82) is 0 Å². The fourth-order valence-electron chi connectivity index (χ4n) is 1.92. The molecule has 1 rings (SSSR count). The average molecular weight is 187 g/mol. The maximum Gasteiger partial charge on any atom is 0.404 e. The van der Waals surface area contributed by atoms with E-state index >= 15 is 0 Å². The van der Waals surface area contributed by atoms with Gasteiger partial charge in [0.05, 0.1) is 6.10 Å². The molecule has 0 aliphatic heterocycles. The minimum absolute atomic E-state index is 0.0903. The summed E-state index contributed by atoms with van der Waals surface area (Å²) >= 11 is 0. The summed E-state index contributed by atoms with van der Waals surface area (Å²) in [7, 11) is 0. The van der Waals surface area contributed by atoms with Gasteiger partial charge in [-0.2, -0.15) is 0 Å². The Labute approximate surface area is 78.0 Å². The van der Waals surface area contributed by atoms with Gasteiger partial charge in [-0.15, -0.1) is 0 Å². The van der Waals surface area contributed by atoms with Gasteiger partial charge >= 0.3 is 6.09 Å². The highest BCUT2D eigenvalue weighted by Gasteiger charge is 2.24. The Kier molecular flexibility index (Phi) is 3.54. The molecule has 0 bridgehead atoms. The van der Waals surface area contributed by atoms with Gasteiger partial charge in [0.15, 0.2) is 0 Å². The predicted molar refractivity (Wildman–Crippen MR) is 48.6 cm³/mol. The molecule has 76 valence electrons. The van der Waals surface area contributed by atoms with Gasteiger partial charge in [0.25, 0.3) is 0 Å². The van der Waals surface area contributed by atoms with E-state index in [0.29, 0.717) is 5.92 Å².